The standard InChI is InChI=1S/C21H30N2O/c1-4-5-15-23-19-14-10-9-13-18(19)16(2)20(23)21(24)22(3)17-11-7-6-8-12-17/h9-10,13-14,17H,4-8,11-12,15H2,1-3H3. The molecule has 1 amide bonds. The van der Waals surface area contributed by atoms with Gasteiger partial charge in [-0.1, -0.05) is 50.8 Å². The second-order valence-electron chi connectivity index (χ2n) is 7.20. The third-order valence-corrected chi connectivity index (χ3v) is 5.60. The Bertz CT molecular complexity index is 710. The average molecular weight is 326 g/mol. The summed E-state index contributed by atoms with van der Waals surface area (Å²) in [7, 11) is 2.00. The minimum absolute atomic E-state index is 0.201. The molecule has 1 aromatic carbocycles. The Morgan fingerprint density at radius 2 is 1.92 bits per heavy atom. The Kier molecular flexibility index (Phi) is 5.27. The first kappa shape index (κ1) is 17.1. The topological polar surface area (TPSA) is 25.2 Å². The highest BCUT2D eigenvalue weighted by molar-refractivity contribution is 6.01. The maximum atomic E-state index is 13.3. The first-order valence-corrected chi connectivity index (χ1v) is 9.50. The van der Waals surface area contributed by atoms with Crippen LogP contribution in [-0.2, 0) is 6.54 Å². The summed E-state index contributed by atoms with van der Waals surface area (Å²) in [6.07, 6.45) is 8.35. The first-order chi connectivity index (χ1) is 11.6. The molecule has 0 N–H and O–H groups in total. The van der Waals surface area contributed by atoms with Gasteiger partial charge in [-0.2, -0.15) is 0 Å². The van der Waals surface area contributed by atoms with Crippen LogP contribution in [0.2, 0.25) is 0 Å². The quantitative estimate of drug-likeness (QED) is 0.745. The lowest BCUT2D eigenvalue weighted by molar-refractivity contribution is 0.0685. The van der Waals surface area contributed by atoms with Gasteiger partial charge in [-0.05, 0) is 37.8 Å². The molecular weight excluding hydrogens is 296 g/mol. The molecule has 0 spiro atoms. The molecule has 2 aromatic rings. The van der Waals surface area contributed by atoms with Crippen molar-refractivity contribution in [2.45, 2.75) is 71.4 Å². The molecular formula is C21H30N2O. The number of benzene rings is 1. The van der Waals surface area contributed by atoms with Crippen LogP contribution in [-0.4, -0.2) is 28.5 Å². The van der Waals surface area contributed by atoms with Gasteiger partial charge in [0.2, 0.25) is 0 Å². The Hall–Kier alpha value is -1.77. The van der Waals surface area contributed by atoms with Crippen molar-refractivity contribution in [2.75, 3.05) is 7.05 Å². The molecule has 1 aromatic heterocycles. The van der Waals surface area contributed by atoms with E-state index in [1.165, 1.54) is 30.2 Å². The zero-order chi connectivity index (χ0) is 17.1. The van der Waals surface area contributed by atoms with Crippen LogP contribution in [0, 0.1) is 6.92 Å². The average Bonchev–Trinajstić information content (AvgIpc) is 2.92. The SMILES string of the molecule is CCCCn1c(C(=O)N(C)C2CCCCC2)c(C)c2ccccc21. The minimum Gasteiger partial charge on any atom is -0.337 e. The highest BCUT2D eigenvalue weighted by Crippen LogP contribution is 2.29. The molecule has 3 nitrogen and oxygen atoms in total. The highest BCUT2D eigenvalue weighted by Gasteiger charge is 2.27. The molecule has 0 bridgehead atoms. The minimum atomic E-state index is 0.201. The fraction of sp³-hybridized carbons (Fsp3) is 0.571. The van der Waals surface area contributed by atoms with Crippen LogP contribution in [0.4, 0.5) is 0 Å². The summed E-state index contributed by atoms with van der Waals surface area (Å²) in [4.78, 5) is 15.3. The number of carbonyl (C=O) groups is 1. The van der Waals surface area contributed by atoms with Gasteiger partial charge in [0.1, 0.15) is 5.69 Å². The number of aryl methyl sites for hydroxylation is 2. The predicted octanol–water partition coefficient (Wildman–Crippen LogP) is 5.15. The van der Waals surface area contributed by atoms with Crippen LogP contribution in [0.15, 0.2) is 24.3 Å². The van der Waals surface area contributed by atoms with Gasteiger partial charge in [-0.25, -0.2) is 0 Å². The predicted molar refractivity (Wildman–Crippen MR) is 101 cm³/mol. The second-order valence-corrected chi connectivity index (χ2v) is 7.20. The van der Waals surface area contributed by atoms with Crippen molar-refractivity contribution in [1.29, 1.82) is 0 Å². The molecule has 1 aliphatic carbocycles. The van der Waals surface area contributed by atoms with Gasteiger partial charge in [0.05, 0.1) is 0 Å². The number of rotatable bonds is 5. The number of nitrogens with zero attached hydrogens (tertiary/aromatic N) is 2. The number of hydrogen-bond acceptors (Lipinski definition) is 1. The van der Waals surface area contributed by atoms with E-state index in [1.54, 1.807) is 0 Å². The first-order valence-electron chi connectivity index (χ1n) is 9.50. The van der Waals surface area contributed by atoms with E-state index >= 15 is 0 Å². The lowest BCUT2D eigenvalue weighted by atomic mass is 9.94. The molecule has 1 saturated carbocycles. The van der Waals surface area contributed by atoms with E-state index in [0.29, 0.717) is 6.04 Å². The lowest BCUT2D eigenvalue weighted by Crippen LogP contribution is -2.39. The molecule has 130 valence electrons. The summed E-state index contributed by atoms with van der Waals surface area (Å²) in [6, 6.07) is 8.84. The third kappa shape index (κ3) is 3.09. The normalized spacial score (nSPS) is 15.8. The Balaban J connectivity index is 2.00. The van der Waals surface area contributed by atoms with Crippen LogP contribution in [0.5, 0.6) is 0 Å². The number of unbranched alkanes of at least 4 members (excludes halogenated alkanes) is 1. The molecule has 0 unspecified atom stereocenters. The third-order valence-electron chi connectivity index (χ3n) is 5.60. The summed E-state index contributed by atoms with van der Waals surface area (Å²) in [6.45, 7) is 5.23. The molecule has 1 aliphatic rings. The molecule has 0 saturated heterocycles. The van der Waals surface area contributed by atoms with E-state index in [-0.39, 0.29) is 5.91 Å². The fourth-order valence-corrected chi connectivity index (χ4v) is 4.10. The Labute approximate surface area is 145 Å². The van der Waals surface area contributed by atoms with Gasteiger partial charge in [0.15, 0.2) is 0 Å². The van der Waals surface area contributed by atoms with Crippen LogP contribution < -0.4 is 0 Å². The molecule has 3 rings (SSSR count). The number of hydrogen-bond donors (Lipinski definition) is 0. The van der Waals surface area contributed by atoms with Gasteiger partial charge in [-0.3, -0.25) is 4.79 Å². The van der Waals surface area contributed by atoms with Gasteiger partial charge >= 0.3 is 0 Å². The Morgan fingerprint density at radius 1 is 1.21 bits per heavy atom. The summed E-state index contributed by atoms with van der Waals surface area (Å²) in [5, 5.41) is 1.22. The van der Waals surface area contributed by atoms with Crippen molar-refractivity contribution in [3.8, 4) is 0 Å². The molecule has 1 fully saturated rings. The molecule has 1 heterocycles. The van der Waals surface area contributed by atoms with Crippen LogP contribution in [0.1, 0.15) is 67.9 Å². The maximum absolute atomic E-state index is 13.3. The highest BCUT2D eigenvalue weighted by atomic mass is 16.2. The molecule has 0 atom stereocenters. The number of amides is 1. The molecule has 24 heavy (non-hydrogen) atoms. The zero-order valence-electron chi connectivity index (χ0n) is 15.3. The van der Waals surface area contributed by atoms with E-state index in [4.69, 9.17) is 0 Å². The van der Waals surface area contributed by atoms with E-state index in [1.807, 2.05) is 11.9 Å². The van der Waals surface area contributed by atoms with E-state index in [2.05, 4.69) is 42.7 Å². The van der Waals surface area contributed by atoms with Gasteiger partial charge < -0.3 is 9.47 Å². The van der Waals surface area contributed by atoms with Gasteiger partial charge in [-0.15, -0.1) is 0 Å². The van der Waals surface area contributed by atoms with Crippen LogP contribution in [0.25, 0.3) is 10.9 Å². The second kappa shape index (κ2) is 7.42. The summed E-state index contributed by atoms with van der Waals surface area (Å²) < 4.78 is 2.26. The number of carbonyl (C=O) groups excluding carboxylic acids is 1. The van der Waals surface area contributed by atoms with Crippen molar-refractivity contribution in [3.63, 3.8) is 0 Å². The van der Waals surface area contributed by atoms with Crippen molar-refractivity contribution in [1.82, 2.24) is 9.47 Å². The zero-order valence-corrected chi connectivity index (χ0v) is 15.3. The van der Waals surface area contributed by atoms with Crippen molar-refractivity contribution in [3.05, 3.63) is 35.5 Å². The van der Waals surface area contributed by atoms with Gasteiger partial charge in [0, 0.05) is 30.5 Å². The summed E-state index contributed by atoms with van der Waals surface area (Å²) >= 11 is 0. The monoisotopic (exact) mass is 326 g/mol. The molecule has 3 heteroatoms. The van der Waals surface area contributed by atoms with Crippen molar-refractivity contribution in [2.24, 2.45) is 0 Å². The lowest BCUT2D eigenvalue weighted by Gasteiger charge is -2.31. The van der Waals surface area contributed by atoms with E-state index < -0.39 is 0 Å². The Morgan fingerprint density at radius 3 is 2.62 bits per heavy atom. The fourth-order valence-electron chi connectivity index (χ4n) is 4.10. The summed E-state index contributed by atoms with van der Waals surface area (Å²) in [5.74, 6) is 0.201. The molecule has 0 radical (unpaired) electrons. The largest absolute Gasteiger partial charge is 0.337 e. The number of para-hydroxylation sites is 1. The van der Waals surface area contributed by atoms with Crippen molar-refractivity contribution >= 4 is 16.8 Å². The van der Waals surface area contributed by atoms with Gasteiger partial charge in [0.25, 0.3) is 5.91 Å². The van der Waals surface area contributed by atoms with Crippen LogP contribution >= 0.6 is 0 Å². The van der Waals surface area contributed by atoms with E-state index in [9.17, 15) is 4.79 Å². The maximum Gasteiger partial charge on any atom is 0.270 e. The van der Waals surface area contributed by atoms with Crippen molar-refractivity contribution < 1.29 is 4.79 Å². The number of fused-ring (bicyclic) bond motifs is 1. The van der Waals surface area contributed by atoms with Crippen LogP contribution in [0.3, 0.4) is 0 Å². The molecule has 0 aliphatic heterocycles. The number of aromatic nitrogens is 1. The summed E-state index contributed by atoms with van der Waals surface area (Å²) in [5.41, 5.74) is 3.23. The smallest absolute Gasteiger partial charge is 0.270 e. The van der Waals surface area contributed by atoms with E-state index in [0.717, 1.165) is 43.5 Å².